The van der Waals surface area contributed by atoms with Crippen LogP contribution < -0.4 is 0 Å². The van der Waals surface area contributed by atoms with E-state index < -0.39 is 0 Å². The summed E-state index contributed by atoms with van der Waals surface area (Å²) >= 11 is 0. The standard InChI is InChI=1S/C8H17N.C7H16N2.C7H15N.C6H14N2.C6H13N.C5H11N.C4H9N.C3H7N.6C2H6/c1-9-7-5-3-2-4-6-8-9;1-8-4-3-5-9(2)7-6-8;1-8-6-4-2-3-5-7-8;1-7-3-5-8(2)6-4-7;1-7-5-3-2-4-6-7;1-6-4-2-3-5-6;1-5-3-2-4-5;1-4-2-3-4;6*1-2/h2-8H2,1H3;3-7H2,1-2H3;2-7H2,1H3;3-6H2,1-2H3;2-6H2,1H3;2-5H2,1H3;2-4H2,1H3;2-3H2,1H3;6*1-2H3. The van der Waals surface area contributed by atoms with Gasteiger partial charge in [-0.15, -0.1) is 0 Å². The van der Waals surface area contributed by atoms with Crippen LogP contribution in [0.25, 0.3) is 0 Å². The molecule has 0 spiro atoms. The molecule has 8 fully saturated rings. The minimum Gasteiger partial charge on any atom is -0.306 e. The Labute approximate surface area is 434 Å². The molecule has 8 aliphatic rings. The van der Waals surface area contributed by atoms with Gasteiger partial charge in [0, 0.05) is 52.4 Å². The molecule has 0 aromatic carbocycles. The Balaban J connectivity index is -0.000000157. The number of rotatable bonds is 0. The SMILES string of the molecule is CC.CC.CC.CC.CC.CC.CN1CC1.CN1CCC1.CN1CCCC1.CN1CCCCC1.CN1CCCCCC1.CN1CCCCCCC1.CN1CCCN(C)CC1.CN1CCN(C)CC1. The van der Waals surface area contributed by atoms with Gasteiger partial charge in [0.05, 0.1) is 0 Å². The van der Waals surface area contributed by atoms with Crippen LogP contribution in [0.3, 0.4) is 0 Å². The van der Waals surface area contributed by atoms with Crippen LogP contribution in [0.1, 0.15) is 186 Å². The fourth-order valence-electron chi connectivity index (χ4n) is 7.22. The van der Waals surface area contributed by atoms with E-state index in [1.54, 1.807) is 0 Å². The van der Waals surface area contributed by atoms with Crippen molar-refractivity contribution >= 4 is 0 Å². The normalized spacial score (nSPS) is 21.6. The fraction of sp³-hybridized carbons (Fsp3) is 1.00. The van der Waals surface area contributed by atoms with Crippen molar-refractivity contribution in [1.82, 2.24) is 49.0 Å². The van der Waals surface area contributed by atoms with E-state index in [2.05, 4.69) is 119 Å². The molecule has 8 saturated heterocycles. The lowest BCUT2D eigenvalue weighted by molar-refractivity contribution is 0.181. The van der Waals surface area contributed by atoms with E-state index >= 15 is 0 Å². The molecule has 0 N–H and O–H groups in total. The van der Waals surface area contributed by atoms with Crippen LogP contribution in [0, 0.1) is 0 Å². The quantitative estimate of drug-likeness (QED) is 0.219. The second kappa shape index (κ2) is 66.6. The van der Waals surface area contributed by atoms with Crippen molar-refractivity contribution in [3.05, 3.63) is 0 Å². The van der Waals surface area contributed by atoms with Gasteiger partial charge in [0.2, 0.25) is 0 Å². The third kappa shape index (κ3) is 67.7. The summed E-state index contributed by atoms with van der Waals surface area (Å²) < 4.78 is 0. The summed E-state index contributed by atoms with van der Waals surface area (Å²) in [5.74, 6) is 0. The zero-order chi connectivity index (χ0) is 53.2. The molecule has 10 heteroatoms. The Morgan fingerprint density at radius 2 is 0.206 bits per heavy atom. The molecular weight excluding hydrogens is 837 g/mol. The van der Waals surface area contributed by atoms with Gasteiger partial charge in [0.25, 0.3) is 0 Å². The third-order valence-corrected chi connectivity index (χ3v) is 12.2. The van der Waals surface area contributed by atoms with Gasteiger partial charge in [-0.1, -0.05) is 122 Å². The summed E-state index contributed by atoms with van der Waals surface area (Å²) in [5, 5.41) is 0. The van der Waals surface area contributed by atoms with Gasteiger partial charge in [0.1, 0.15) is 0 Å². The van der Waals surface area contributed by atoms with Gasteiger partial charge in [-0.05, 0) is 213 Å². The minimum atomic E-state index is 1.23. The first-order valence-electron chi connectivity index (χ1n) is 29.8. The topological polar surface area (TPSA) is 32.2 Å². The Morgan fingerprint density at radius 3 is 0.368 bits per heavy atom. The Bertz CT molecular complexity index is 771. The first-order valence-corrected chi connectivity index (χ1v) is 29.8. The average Bonchev–Trinajstić information content (AvgIpc) is 4.12. The zero-order valence-corrected chi connectivity index (χ0v) is 51.9. The van der Waals surface area contributed by atoms with Gasteiger partial charge in [-0.3, -0.25) is 0 Å². The first-order chi connectivity index (χ1) is 32.9. The van der Waals surface area contributed by atoms with Crippen molar-refractivity contribution in [1.29, 1.82) is 0 Å². The van der Waals surface area contributed by atoms with Gasteiger partial charge in [-0.2, -0.15) is 0 Å². The van der Waals surface area contributed by atoms with Crippen LogP contribution in [-0.4, -0.2) is 250 Å². The maximum Gasteiger partial charge on any atom is 0.0107 e. The summed E-state index contributed by atoms with van der Waals surface area (Å²) in [6.45, 7) is 49.8. The van der Waals surface area contributed by atoms with Crippen molar-refractivity contribution in [2.24, 2.45) is 0 Å². The molecule has 420 valence electrons. The second-order valence-electron chi connectivity index (χ2n) is 18.7. The van der Waals surface area contributed by atoms with E-state index in [1.165, 1.54) is 234 Å². The summed E-state index contributed by atoms with van der Waals surface area (Å²) in [6, 6.07) is 0. The minimum absolute atomic E-state index is 1.23. The van der Waals surface area contributed by atoms with E-state index in [-0.39, 0.29) is 0 Å². The number of piperazine rings is 1. The summed E-state index contributed by atoms with van der Waals surface area (Å²) in [7, 11) is 21.8. The lowest BCUT2D eigenvalue weighted by Gasteiger charge is -2.28. The number of likely N-dealkylation sites (N-methyl/N-ethyl adjacent to an activating group) is 5. The first kappa shape index (κ1) is 79.0. The zero-order valence-electron chi connectivity index (χ0n) is 51.9. The van der Waals surface area contributed by atoms with E-state index in [0.717, 1.165) is 0 Å². The van der Waals surface area contributed by atoms with Crippen molar-refractivity contribution in [3.63, 3.8) is 0 Å². The predicted molar refractivity (Wildman–Crippen MR) is 317 cm³/mol. The maximum atomic E-state index is 2.44. The number of piperidine rings is 1. The van der Waals surface area contributed by atoms with E-state index in [4.69, 9.17) is 0 Å². The molecule has 8 rings (SSSR count). The molecule has 0 bridgehead atoms. The fourth-order valence-corrected chi connectivity index (χ4v) is 7.22. The molecular formula is C58H138N10. The summed E-state index contributed by atoms with van der Waals surface area (Å²) in [5.41, 5.74) is 0. The van der Waals surface area contributed by atoms with E-state index in [9.17, 15) is 0 Å². The highest BCUT2D eigenvalue weighted by Crippen LogP contribution is 2.09. The Kier molecular flexibility index (Phi) is 77.4. The number of nitrogens with zero attached hydrogens (tertiary/aromatic N) is 10. The summed E-state index contributed by atoms with van der Waals surface area (Å²) in [6.07, 6.45) is 22.8. The molecule has 0 radical (unpaired) electrons. The van der Waals surface area contributed by atoms with Crippen LogP contribution in [0.4, 0.5) is 0 Å². The molecule has 0 aromatic rings. The second-order valence-corrected chi connectivity index (χ2v) is 18.7. The highest BCUT2D eigenvalue weighted by molar-refractivity contribution is 4.66. The number of hydrogen-bond acceptors (Lipinski definition) is 10. The molecule has 8 aliphatic heterocycles. The van der Waals surface area contributed by atoms with Crippen molar-refractivity contribution in [2.75, 3.05) is 201 Å². The van der Waals surface area contributed by atoms with E-state index in [1.807, 2.05) is 83.1 Å². The maximum absolute atomic E-state index is 2.44. The molecule has 0 unspecified atom stereocenters. The molecule has 0 aliphatic carbocycles. The average molecular weight is 976 g/mol. The molecule has 0 aromatic heterocycles. The molecule has 0 amide bonds. The van der Waals surface area contributed by atoms with Gasteiger partial charge in [-0.25, -0.2) is 0 Å². The molecule has 0 saturated carbocycles. The third-order valence-electron chi connectivity index (χ3n) is 12.2. The van der Waals surface area contributed by atoms with Crippen molar-refractivity contribution in [3.8, 4) is 0 Å². The van der Waals surface area contributed by atoms with Gasteiger partial charge >= 0.3 is 0 Å². The molecule has 8 heterocycles. The van der Waals surface area contributed by atoms with Crippen LogP contribution in [-0.2, 0) is 0 Å². The highest BCUT2D eigenvalue weighted by Gasteiger charge is 2.09. The smallest absolute Gasteiger partial charge is 0.0107 e. The summed E-state index contributed by atoms with van der Waals surface area (Å²) in [4.78, 5) is 23.7. The lowest BCUT2D eigenvalue weighted by Crippen LogP contribution is -2.42. The van der Waals surface area contributed by atoms with Crippen LogP contribution in [0.15, 0.2) is 0 Å². The number of likely N-dealkylation sites (tertiary alicyclic amines) is 5. The predicted octanol–water partition coefficient (Wildman–Crippen LogP) is 11.7. The van der Waals surface area contributed by atoms with Crippen LogP contribution in [0.2, 0.25) is 0 Å². The lowest BCUT2D eigenvalue weighted by atomic mass is 10.1. The molecule has 68 heavy (non-hydrogen) atoms. The van der Waals surface area contributed by atoms with Crippen LogP contribution in [0.5, 0.6) is 0 Å². The largest absolute Gasteiger partial charge is 0.306 e. The Hall–Kier alpha value is -0.400. The van der Waals surface area contributed by atoms with Gasteiger partial charge in [0.15, 0.2) is 0 Å². The number of hydrogen-bond donors (Lipinski definition) is 0. The van der Waals surface area contributed by atoms with E-state index in [0.29, 0.717) is 0 Å². The monoisotopic (exact) mass is 975 g/mol. The van der Waals surface area contributed by atoms with Gasteiger partial charge < -0.3 is 49.0 Å². The molecule has 0 atom stereocenters. The van der Waals surface area contributed by atoms with Crippen molar-refractivity contribution < 1.29 is 0 Å². The molecule has 10 nitrogen and oxygen atoms in total. The Morgan fingerprint density at radius 1 is 0.118 bits per heavy atom. The van der Waals surface area contributed by atoms with Crippen LogP contribution >= 0.6 is 0 Å². The highest BCUT2D eigenvalue weighted by atomic mass is 15.2. The van der Waals surface area contributed by atoms with Crippen molar-refractivity contribution in [2.45, 2.75) is 186 Å².